The molecule has 4 rings (SSSR count). The van der Waals surface area contributed by atoms with E-state index in [4.69, 9.17) is 4.74 Å². The van der Waals surface area contributed by atoms with Gasteiger partial charge in [-0.1, -0.05) is 43.3 Å². The second kappa shape index (κ2) is 7.00. The van der Waals surface area contributed by atoms with E-state index in [9.17, 15) is 13.2 Å². The van der Waals surface area contributed by atoms with Gasteiger partial charge in [0.2, 0.25) is 5.91 Å². The minimum atomic E-state index is -3.06. The fraction of sp³-hybridized carbons (Fsp3) is 0.381. The summed E-state index contributed by atoms with van der Waals surface area (Å²) in [6.07, 6.45) is 1.30. The van der Waals surface area contributed by atoms with E-state index in [0.29, 0.717) is 24.5 Å². The first kappa shape index (κ1) is 18.0. The summed E-state index contributed by atoms with van der Waals surface area (Å²) in [6.45, 7) is 2.57. The van der Waals surface area contributed by atoms with Gasteiger partial charge in [0.1, 0.15) is 11.5 Å². The van der Waals surface area contributed by atoms with Gasteiger partial charge in [0.25, 0.3) is 0 Å². The Morgan fingerprint density at radius 1 is 1.07 bits per heavy atom. The average Bonchev–Trinajstić information content (AvgIpc) is 3.03. The fourth-order valence-electron chi connectivity index (χ4n) is 4.08. The number of amides is 1. The van der Waals surface area contributed by atoms with Gasteiger partial charge in [-0.2, -0.15) is 0 Å². The Morgan fingerprint density at radius 2 is 1.67 bits per heavy atom. The Balaban J connectivity index is 1.76. The van der Waals surface area contributed by atoms with Gasteiger partial charge in [-0.15, -0.1) is 0 Å². The van der Waals surface area contributed by atoms with E-state index < -0.39 is 15.8 Å². The number of para-hydroxylation sites is 2. The van der Waals surface area contributed by atoms with Crippen molar-refractivity contribution in [2.45, 2.75) is 31.7 Å². The van der Waals surface area contributed by atoms with Gasteiger partial charge in [-0.25, -0.2) is 8.42 Å². The highest BCUT2D eigenvalue weighted by molar-refractivity contribution is 7.91. The molecule has 27 heavy (non-hydrogen) atoms. The highest BCUT2D eigenvalue weighted by atomic mass is 32.2. The normalized spacial score (nSPS) is 20.4. The summed E-state index contributed by atoms with van der Waals surface area (Å²) < 4.78 is 30.0. The number of benzene rings is 2. The first-order valence-corrected chi connectivity index (χ1v) is 11.2. The first-order chi connectivity index (χ1) is 13.0. The van der Waals surface area contributed by atoms with Crippen LogP contribution in [0.25, 0.3) is 0 Å². The Morgan fingerprint density at radius 3 is 2.19 bits per heavy atom. The highest BCUT2D eigenvalue weighted by Crippen LogP contribution is 2.45. The molecule has 0 unspecified atom stereocenters. The van der Waals surface area contributed by atoms with Crippen molar-refractivity contribution in [1.82, 2.24) is 4.90 Å². The smallest absolute Gasteiger partial charge is 0.235 e. The van der Waals surface area contributed by atoms with Gasteiger partial charge in [-0.05, 0) is 25.0 Å². The van der Waals surface area contributed by atoms with Crippen LogP contribution in [0.2, 0.25) is 0 Å². The van der Waals surface area contributed by atoms with Crippen LogP contribution in [0.5, 0.6) is 11.5 Å². The molecule has 2 aromatic rings. The molecule has 5 nitrogen and oxygen atoms in total. The predicted molar refractivity (Wildman–Crippen MR) is 104 cm³/mol. The number of hydrogen-bond acceptors (Lipinski definition) is 4. The van der Waals surface area contributed by atoms with Crippen LogP contribution in [0.4, 0.5) is 0 Å². The summed E-state index contributed by atoms with van der Waals surface area (Å²) in [5, 5.41) is 0. The fourth-order valence-corrected chi connectivity index (χ4v) is 5.81. The summed E-state index contributed by atoms with van der Waals surface area (Å²) in [6, 6.07) is 14.9. The van der Waals surface area contributed by atoms with Crippen molar-refractivity contribution < 1.29 is 17.9 Å². The van der Waals surface area contributed by atoms with Crippen molar-refractivity contribution in [1.29, 1.82) is 0 Å². The van der Waals surface area contributed by atoms with Crippen LogP contribution >= 0.6 is 0 Å². The monoisotopic (exact) mass is 385 g/mol. The summed E-state index contributed by atoms with van der Waals surface area (Å²) >= 11 is 0. The van der Waals surface area contributed by atoms with Crippen molar-refractivity contribution in [3.8, 4) is 11.5 Å². The van der Waals surface area contributed by atoms with E-state index >= 15 is 0 Å². The third-order valence-electron chi connectivity index (χ3n) is 5.32. The number of sulfone groups is 1. The molecule has 6 heteroatoms. The van der Waals surface area contributed by atoms with Crippen LogP contribution in [-0.4, -0.2) is 43.3 Å². The van der Waals surface area contributed by atoms with Crippen LogP contribution in [0.1, 0.15) is 36.8 Å². The van der Waals surface area contributed by atoms with E-state index in [-0.39, 0.29) is 23.5 Å². The van der Waals surface area contributed by atoms with Crippen molar-refractivity contribution in [2.24, 2.45) is 0 Å². The quantitative estimate of drug-likeness (QED) is 0.810. The van der Waals surface area contributed by atoms with Crippen LogP contribution in [0.3, 0.4) is 0 Å². The van der Waals surface area contributed by atoms with Crippen LogP contribution in [0.15, 0.2) is 48.5 Å². The minimum absolute atomic E-state index is 0.0397. The number of carbonyl (C=O) groups is 1. The third kappa shape index (κ3) is 3.34. The lowest BCUT2D eigenvalue weighted by Gasteiger charge is -2.34. The van der Waals surface area contributed by atoms with Crippen molar-refractivity contribution >= 4 is 15.7 Å². The first-order valence-electron chi connectivity index (χ1n) is 9.37. The Hall–Kier alpha value is -2.34. The van der Waals surface area contributed by atoms with Crippen molar-refractivity contribution in [3.05, 3.63) is 59.7 Å². The van der Waals surface area contributed by atoms with E-state index in [0.717, 1.165) is 17.5 Å². The Kier molecular flexibility index (Phi) is 4.68. The third-order valence-corrected chi connectivity index (χ3v) is 7.07. The van der Waals surface area contributed by atoms with E-state index in [1.807, 2.05) is 55.5 Å². The standard InChI is InChI=1S/C21H23NO4S/c1-2-12-22(15-11-13-27(24,25)14-15)21(23)20-16-7-3-5-9-18(16)26-19-10-6-4-8-17(19)20/h3-10,15,20H,2,11-14H2,1H3/t15-/m1/s1. The SMILES string of the molecule is CCCN(C(=O)C1c2ccccc2Oc2ccccc21)[C@@H]1CCS(=O)(=O)C1. The van der Waals surface area contributed by atoms with E-state index in [2.05, 4.69) is 0 Å². The molecule has 1 amide bonds. The van der Waals surface area contributed by atoms with Crippen LogP contribution in [0, 0.1) is 0 Å². The zero-order valence-electron chi connectivity index (χ0n) is 15.3. The number of nitrogens with zero attached hydrogens (tertiary/aromatic N) is 1. The van der Waals surface area contributed by atoms with Gasteiger partial charge in [0, 0.05) is 23.7 Å². The largest absolute Gasteiger partial charge is 0.457 e. The molecule has 1 fully saturated rings. The molecule has 1 atom stereocenters. The van der Waals surface area contributed by atoms with E-state index in [1.54, 1.807) is 4.90 Å². The number of carbonyl (C=O) groups excluding carboxylic acids is 1. The molecule has 142 valence electrons. The average molecular weight is 385 g/mol. The lowest BCUT2D eigenvalue weighted by molar-refractivity contribution is -0.134. The topological polar surface area (TPSA) is 63.7 Å². The molecule has 2 heterocycles. The number of ether oxygens (including phenoxy) is 1. The predicted octanol–water partition coefficient (Wildman–Crippen LogP) is 3.35. The molecule has 2 aliphatic heterocycles. The van der Waals surface area contributed by atoms with E-state index in [1.165, 1.54) is 0 Å². The molecular weight excluding hydrogens is 362 g/mol. The molecule has 2 aliphatic rings. The van der Waals surface area contributed by atoms with Gasteiger partial charge in [-0.3, -0.25) is 4.79 Å². The molecule has 0 radical (unpaired) electrons. The van der Waals surface area contributed by atoms with Gasteiger partial charge in [0.05, 0.1) is 17.4 Å². The number of hydrogen-bond donors (Lipinski definition) is 0. The molecule has 2 aromatic carbocycles. The van der Waals surface area contributed by atoms with Gasteiger partial charge >= 0.3 is 0 Å². The summed E-state index contributed by atoms with van der Waals surface area (Å²) in [5.41, 5.74) is 1.67. The lowest BCUT2D eigenvalue weighted by Crippen LogP contribution is -2.44. The molecule has 0 saturated carbocycles. The van der Waals surface area contributed by atoms with Gasteiger partial charge < -0.3 is 9.64 Å². The Labute approximate surface area is 159 Å². The van der Waals surface area contributed by atoms with Crippen molar-refractivity contribution in [2.75, 3.05) is 18.1 Å². The summed E-state index contributed by atoms with van der Waals surface area (Å²) in [5.74, 6) is 1.08. The summed E-state index contributed by atoms with van der Waals surface area (Å²) in [7, 11) is -3.06. The molecule has 0 aliphatic carbocycles. The molecule has 1 saturated heterocycles. The molecule has 0 N–H and O–H groups in total. The lowest BCUT2D eigenvalue weighted by atomic mass is 9.86. The number of rotatable bonds is 4. The molecule has 0 spiro atoms. The summed E-state index contributed by atoms with van der Waals surface area (Å²) in [4.78, 5) is 15.5. The van der Waals surface area contributed by atoms with Gasteiger partial charge in [0.15, 0.2) is 9.84 Å². The maximum absolute atomic E-state index is 13.7. The highest BCUT2D eigenvalue weighted by Gasteiger charge is 2.40. The molecular formula is C21H23NO4S. The van der Waals surface area contributed by atoms with Crippen molar-refractivity contribution in [3.63, 3.8) is 0 Å². The van der Waals surface area contributed by atoms with Crippen LogP contribution in [-0.2, 0) is 14.6 Å². The zero-order chi connectivity index (χ0) is 19.0. The van der Waals surface area contributed by atoms with Crippen LogP contribution < -0.4 is 4.74 Å². The maximum atomic E-state index is 13.7. The zero-order valence-corrected chi connectivity index (χ0v) is 16.1. The molecule has 0 aromatic heterocycles. The number of fused-ring (bicyclic) bond motifs is 2. The maximum Gasteiger partial charge on any atom is 0.235 e. The second-order valence-electron chi connectivity index (χ2n) is 7.20. The Bertz CT molecular complexity index is 924. The molecule has 0 bridgehead atoms. The minimum Gasteiger partial charge on any atom is -0.457 e. The second-order valence-corrected chi connectivity index (χ2v) is 9.43.